The molecule has 3 rings (SSSR count). The molecule has 2 nitrogen and oxygen atoms in total. The monoisotopic (exact) mass is 188 g/mol. The third-order valence-electron chi connectivity index (χ3n) is 3.38. The summed E-state index contributed by atoms with van der Waals surface area (Å²) in [6.07, 6.45) is 2.66. The molecule has 2 aliphatic rings. The lowest BCUT2D eigenvalue weighted by atomic mass is 9.91. The highest BCUT2D eigenvalue weighted by Crippen LogP contribution is 2.43. The van der Waals surface area contributed by atoms with Gasteiger partial charge in [-0.2, -0.15) is 0 Å². The van der Waals surface area contributed by atoms with E-state index in [1.54, 1.807) is 0 Å². The SMILES string of the molecule is Nc1ccc(C2CNC2)cc1C1CC1. The summed E-state index contributed by atoms with van der Waals surface area (Å²) in [5.74, 6) is 1.50. The van der Waals surface area contributed by atoms with Crippen molar-refractivity contribution in [1.29, 1.82) is 0 Å². The number of anilines is 1. The summed E-state index contributed by atoms with van der Waals surface area (Å²) >= 11 is 0. The van der Waals surface area contributed by atoms with Gasteiger partial charge in [-0.1, -0.05) is 12.1 Å². The van der Waals surface area contributed by atoms with Crippen molar-refractivity contribution in [2.45, 2.75) is 24.7 Å². The van der Waals surface area contributed by atoms with Crippen LogP contribution < -0.4 is 11.1 Å². The lowest BCUT2D eigenvalue weighted by Crippen LogP contribution is -2.39. The summed E-state index contributed by atoms with van der Waals surface area (Å²) in [5, 5.41) is 3.31. The molecule has 0 aromatic heterocycles. The van der Waals surface area contributed by atoms with Crippen molar-refractivity contribution in [3.8, 4) is 0 Å². The molecule has 1 aliphatic heterocycles. The Morgan fingerprint density at radius 2 is 1.93 bits per heavy atom. The standard InChI is InChI=1S/C12H16N2/c13-12-4-3-9(10-6-14-7-10)5-11(12)8-1-2-8/h3-5,8,10,14H,1-2,6-7,13H2. The second-order valence-electron chi connectivity index (χ2n) is 4.52. The van der Waals surface area contributed by atoms with Crippen LogP contribution in [0.5, 0.6) is 0 Å². The molecule has 0 unspecified atom stereocenters. The van der Waals surface area contributed by atoms with Crippen molar-refractivity contribution in [3.63, 3.8) is 0 Å². The Balaban J connectivity index is 1.93. The van der Waals surface area contributed by atoms with Crippen molar-refractivity contribution < 1.29 is 0 Å². The first-order chi connectivity index (χ1) is 6.84. The van der Waals surface area contributed by atoms with Gasteiger partial charge in [0.15, 0.2) is 0 Å². The van der Waals surface area contributed by atoms with E-state index < -0.39 is 0 Å². The van der Waals surface area contributed by atoms with Crippen molar-refractivity contribution in [2.75, 3.05) is 18.8 Å². The highest BCUT2D eigenvalue weighted by atomic mass is 14.9. The second-order valence-corrected chi connectivity index (χ2v) is 4.52. The molecule has 0 radical (unpaired) electrons. The zero-order valence-corrected chi connectivity index (χ0v) is 8.29. The van der Waals surface area contributed by atoms with E-state index >= 15 is 0 Å². The fourth-order valence-corrected chi connectivity index (χ4v) is 2.12. The Labute approximate surface area is 84.5 Å². The predicted molar refractivity (Wildman–Crippen MR) is 58.4 cm³/mol. The molecule has 0 bridgehead atoms. The minimum Gasteiger partial charge on any atom is -0.398 e. The molecule has 1 aromatic carbocycles. The minimum absolute atomic E-state index is 0.730. The summed E-state index contributed by atoms with van der Waals surface area (Å²) in [5.41, 5.74) is 9.83. The van der Waals surface area contributed by atoms with Crippen LogP contribution in [0, 0.1) is 0 Å². The fraction of sp³-hybridized carbons (Fsp3) is 0.500. The number of nitrogens with two attached hydrogens (primary N) is 1. The molecule has 1 aliphatic carbocycles. The summed E-state index contributed by atoms with van der Waals surface area (Å²) in [6, 6.07) is 6.60. The number of hydrogen-bond donors (Lipinski definition) is 2. The van der Waals surface area contributed by atoms with Crippen LogP contribution in [0.1, 0.15) is 35.8 Å². The molecule has 2 heteroatoms. The molecular weight excluding hydrogens is 172 g/mol. The average molecular weight is 188 g/mol. The first kappa shape index (κ1) is 8.30. The number of benzene rings is 1. The Morgan fingerprint density at radius 3 is 2.50 bits per heavy atom. The lowest BCUT2D eigenvalue weighted by Gasteiger charge is -2.28. The van der Waals surface area contributed by atoms with Gasteiger partial charge in [-0.25, -0.2) is 0 Å². The highest BCUT2D eigenvalue weighted by Gasteiger charge is 2.27. The summed E-state index contributed by atoms with van der Waals surface area (Å²) in [7, 11) is 0. The maximum absolute atomic E-state index is 5.97. The Kier molecular flexibility index (Phi) is 1.77. The third-order valence-corrected chi connectivity index (χ3v) is 3.38. The molecule has 1 saturated carbocycles. The van der Waals surface area contributed by atoms with Crippen LogP contribution in [0.2, 0.25) is 0 Å². The maximum atomic E-state index is 5.97. The minimum atomic E-state index is 0.730. The zero-order valence-electron chi connectivity index (χ0n) is 8.29. The normalized spacial score (nSPS) is 22.0. The van der Waals surface area contributed by atoms with E-state index in [2.05, 4.69) is 23.5 Å². The van der Waals surface area contributed by atoms with Crippen LogP contribution in [0.15, 0.2) is 18.2 Å². The van der Waals surface area contributed by atoms with Gasteiger partial charge in [0.05, 0.1) is 0 Å². The molecular formula is C12H16N2. The van der Waals surface area contributed by atoms with Gasteiger partial charge >= 0.3 is 0 Å². The van der Waals surface area contributed by atoms with E-state index in [9.17, 15) is 0 Å². The van der Waals surface area contributed by atoms with Crippen LogP contribution in [-0.4, -0.2) is 13.1 Å². The van der Waals surface area contributed by atoms with Crippen LogP contribution in [0.3, 0.4) is 0 Å². The van der Waals surface area contributed by atoms with E-state index in [0.717, 1.165) is 30.6 Å². The average Bonchev–Trinajstić information content (AvgIpc) is 2.88. The van der Waals surface area contributed by atoms with Crippen LogP contribution in [0.25, 0.3) is 0 Å². The van der Waals surface area contributed by atoms with Crippen molar-refractivity contribution in [2.24, 2.45) is 0 Å². The van der Waals surface area contributed by atoms with Gasteiger partial charge in [0.25, 0.3) is 0 Å². The van der Waals surface area contributed by atoms with Crippen LogP contribution in [0.4, 0.5) is 5.69 Å². The summed E-state index contributed by atoms with van der Waals surface area (Å²) in [6.45, 7) is 2.27. The lowest BCUT2D eigenvalue weighted by molar-refractivity contribution is 0.448. The van der Waals surface area contributed by atoms with E-state index in [4.69, 9.17) is 5.73 Å². The molecule has 3 N–H and O–H groups in total. The molecule has 0 spiro atoms. The van der Waals surface area contributed by atoms with Gasteiger partial charge in [-0.05, 0) is 36.0 Å². The van der Waals surface area contributed by atoms with Gasteiger partial charge in [0.2, 0.25) is 0 Å². The van der Waals surface area contributed by atoms with Crippen LogP contribution in [-0.2, 0) is 0 Å². The summed E-state index contributed by atoms with van der Waals surface area (Å²) in [4.78, 5) is 0. The molecule has 74 valence electrons. The zero-order chi connectivity index (χ0) is 9.54. The van der Waals surface area contributed by atoms with E-state index in [1.165, 1.54) is 24.0 Å². The number of rotatable bonds is 2. The van der Waals surface area contributed by atoms with E-state index in [0.29, 0.717) is 0 Å². The molecule has 1 saturated heterocycles. The van der Waals surface area contributed by atoms with Gasteiger partial charge in [0, 0.05) is 24.7 Å². The molecule has 2 fully saturated rings. The van der Waals surface area contributed by atoms with Crippen LogP contribution >= 0.6 is 0 Å². The first-order valence-corrected chi connectivity index (χ1v) is 5.44. The summed E-state index contributed by atoms with van der Waals surface area (Å²) < 4.78 is 0. The van der Waals surface area contributed by atoms with E-state index in [-0.39, 0.29) is 0 Å². The molecule has 0 atom stereocenters. The number of nitrogen functional groups attached to an aromatic ring is 1. The Morgan fingerprint density at radius 1 is 1.14 bits per heavy atom. The van der Waals surface area contributed by atoms with Crippen molar-refractivity contribution in [1.82, 2.24) is 5.32 Å². The van der Waals surface area contributed by atoms with Gasteiger partial charge in [0.1, 0.15) is 0 Å². The second kappa shape index (κ2) is 2.99. The van der Waals surface area contributed by atoms with Gasteiger partial charge in [-0.3, -0.25) is 0 Å². The van der Waals surface area contributed by atoms with Crippen molar-refractivity contribution in [3.05, 3.63) is 29.3 Å². The van der Waals surface area contributed by atoms with Crippen molar-refractivity contribution >= 4 is 5.69 Å². The highest BCUT2D eigenvalue weighted by molar-refractivity contribution is 5.52. The Hall–Kier alpha value is -1.02. The smallest absolute Gasteiger partial charge is 0.0349 e. The predicted octanol–water partition coefficient (Wildman–Crippen LogP) is 1.83. The molecule has 1 heterocycles. The molecule has 1 aromatic rings. The van der Waals surface area contributed by atoms with E-state index in [1.807, 2.05) is 0 Å². The number of hydrogen-bond acceptors (Lipinski definition) is 2. The molecule has 0 amide bonds. The molecule has 14 heavy (non-hydrogen) atoms. The maximum Gasteiger partial charge on any atom is 0.0349 e. The fourth-order valence-electron chi connectivity index (χ4n) is 2.12. The third kappa shape index (κ3) is 1.30. The first-order valence-electron chi connectivity index (χ1n) is 5.44. The quantitative estimate of drug-likeness (QED) is 0.695. The largest absolute Gasteiger partial charge is 0.398 e. The Bertz CT molecular complexity index is 351. The van der Waals surface area contributed by atoms with Gasteiger partial charge < -0.3 is 11.1 Å². The van der Waals surface area contributed by atoms with Gasteiger partial charge in [-0.15, -0.1) is 0 Å². The topological polar surface area (TPSA) is 38.0 Å². The number of nitrogens with one attached hydrogen (secondary N) is 1.